The lowest BCUT2D eigenvalue weighted by Gasteiger charge is -2.07. The van der Waals surface area contributed by atoms with Crippen LogP contribution in [0.1, 0.15) is 24.0 Å². The molecule has 0 aromatic heterocycles. The molecule has 1 fully saturated rings. The van der Waals surface area contributed by atoms with Crippen LogP contribution in [-0.4, -0.2) is 6.21 Å². The van der Waals surface area contributed by atoms with Crippen molar-refractivity contribution in [3.8, 4) is 0 Å². The molecule has 0 unspecified atom stereocenters. The highest BCUT2D eigenvalue weighted by molar-refractivity contribution is 5.62. The van der Waals surface area contributed by atoms with Gasteiger partial charge in [-0.15, -0.1) is 0 Å². The zero-order valence-electron chi connectivity index (χ0n) is 9.00. The molecule has 1 aromatic rings. The average molecular weight is 242 g/mol. The van der Waals surface area contributed by atoms with Gasteiger partial charge in [0.1, 0.15) is 12.8 Å². The highest BCUT2D eigenvalue weighted by Crippen LogP contribution is 2.29. The van der Waals surface area contributed by atoms with Crippen molar-refractivity contribution in [2.75, 3.05) is 0 Å². The van der Waals surface area contributed by atoms with Gasteiger partial charge in [0.15, 0.2) is 0 Å². The van der Waals surface area contributed by atoms with Crippen LogP contribution in [0.4, 0.5) is 13.2 Å². The van der Waals surface area contributed by atoms with Crippen molar-refractivity contribution in [1.82, 2.24) is 0 Å². The van der Waals surface area contributed by atoms with Gasteiger partial charge in [0.05, 0.1) is 5.56 Å². The predicted octanol–water partition coefficient (Wildman–Crippen LogP) is 3.49. The molecule has 2 rings (SSSR count). The lowest BCUT2D eigenvalue weighted by molar-refractivity contribution is -0.137. The van der Waals surface area contributed by atoms with Crippen molar-refractivity contribution in [2.24, 2.45) is 11.1 Å². The number of alkyl halides is 3. The largest absolute Gasteiger partial charge is 0.416 e. The first-order chi connectivity index (χ1) is 8.05. The van der Waals surface area contributed by atoms with Gasteiger partial charge in [-0.2, -0.15) is 13.2 Å². The number of nitrogens with zero attached hydrogens (tertiary/aromatic N) is 1. The van der Waals surface area contributed by atoms with Crippen LogP contribution in [0, 0.1) is 5.92 Å². The highest BCUT2D eigenvalue weighted by atomic mass is 19.4. The maximum absolute atomic E-state index is 12.4. The molecule has 2 nitrogen and oxygen atoms in total. The van der Waals surface area contributed by atoms with E-state index >= 15 is 0 Å². The Kier molecular flexibility index (Phi) is 3.36. The Morgan fingerprint density at radius 3 is 2.76 bits per heavy atom. The molecule has 91 valence electrons. The third-order valence-electron chi connectivity index (χ3n) is 2.36. The Bertz CT molecular complexity index is 410. The van der Waals surface area contributed by atoms with Crippen LogP contribution >= 0.6 is 0 Å². The summed E-state index contributed by atoms with van der Waals surface area (Å²) < 4.78 is 37.2. The third-order valence-corrected chi connectivity index (χ3v) is 2.36. The van der Waals surface area contributed by atoms with Crippen LogP contribution in [0.15, 0.2) is 29.4 Å². The van der Waals surface area contributed by atoms with E-state index in [1.54, 1.807) is 6.07 Å². The van der Waals surface area contributed by atoms with E-state index in [1.807, 2.05) is 0 Å². The van der Waals surface area contributed by atoms with Crippen LogP contribution in [0.2, 0.25) is 0 Å². The van der Waals surface area contributed by atoms with Crippen LogP contribution in [0.25, 0.3) is 0 Å². The lowest BCUT2D eigenvalue weighted by Crippen LogP contribution is -2.05. The van der Waals surface area contributed by atoms with E-state index in [2.05, 4.69) is 11.4 Å². The van der Waals surface area contributed by atoms with Crippen LogP contribution in [0.3, 0.4) is 0 Å². The number of hydrogen-bond acceptors (Lipinski definition) is 2. The normalized spacial score (nSPS) is 16.4. The third kappa shape index (κ3) is 3.76. The second kappa shape index (κ2) is 4.77. The lowest BCUT2D eigenvalue weighted by atomic mass is 10.1. The molecule has 0 atom stereocenters. The Morgan fingerprint density at radius 1 is 1.35 bits per heavy atom. The molecule has 17 heavy (non-hydrogen) atoms. The van der Waals surface area contributed by atoms with Gasteiger partial charge < -0.3 is 4.84 Å². The summed E-state index contributed by atoms with van der Waals surface area (Å²) in [6.07, 6.45) is 0.564. The van der Waals surface area contributed by atoms with E-state index in [1.165, 1.54) is 6.07 Å². The molecule has 1 aliphatic carbocycles. The van der Waals surface area contributed by atoms with Crippen molar-refractivity contribution < 1.29 is 18.0 Å². The van der Waals surface area contributed by atoms with Crippen molar-refractivity contribution in [1.29, 1.82) is 0 Å². The zero-order chi connectivity index (χ0) is 12.3. The van der Waals surface area contributed by atoms with Crippen molar-refractivity contribution in [3.63, 3.8) is 0 Å². The van der Waals surface area contributed by atoms with Gasteiger partial charge in [0.25, 0.3) is 0 Å². The van der Waals surface area contributed by atoms with Crippen LogP contribution < -0.4 is 0 Å². The average Bonchev–Trinajstić information content (AvgIpc) is 3.08. The summed E-state index contributed by atoms with van der Waals surface area (Å²) in [6.45, 7) is 0.0314. The molecule has 0 bridgehead atoms. The standard InChI is InChI=1S/C12H11F3NO/c13-12(14,15)11-3-1-2-10(6-11)8-17-16-7-9-4-5-9/h1-3,6,9H,4-5,8H2. The summed E-state index contributed by atoms with van der Waals surface area (Å²) in [5, 5.41) is 3.59. The molecule has 0 saturated heterocycles. The monoisotopic (exact) mass is 242 g/mol. The Labute approximate surface area is 97.1 Å². The first-order valence-corrected chi connectivity index (χ1v) is 5.29. The Hall–Kier alpha value is -1.52. The van der Waals surface area contributed by atoms with Gasteiger partial charge in [0.2, 0.25) is 0 Å². The molecule has 0 spiro atoms. The molecule has 0 aliphatic heterocycles. The van der Waals surface area contributed by atoms with Gasteiger partial charge in [-0.3, -0.25) is 0 Å². The quantitative estimate of drug-likeness (QED) is 0.585. The zero-order valence-corrected chi connectivity index (χ0v) is 9.00. The number of hydrogen-bond donors (Lipinski definition) is 0. The van der Waals surface area contributed by atoms with Crippen molar-refractivity contribution >= 4 is 6.21 Å². The van der Waals surface area contributed by atoms with Gasteiger partial charge >= 0.3 is 6.18 Å². The molecule has 1 aliphatic rings. The molecule has 1 saturated carbocycles. The topological polar surface area (TPSA) is 21.6 Å². The van der Waals surface area contributed by atoms with E-state index in [0.29, 0.717) is 11.5 Å². The predicted molar refractivity (Wildman–Crippen MR) is 56.4 cm³/mol. The Morgan fingerprint density at radius 2 is 2.12 bits per heavy atom. The van der Waals surface area contributed by atoms with Crippen LogP contribution in [0.5, 0.6) is 0 Å². The molecular formula is C12H11F3NO. The van der Waals surface area contributed by atoms with E-state index in [0.717, 1.165) is 25.0 Å². The van der Waals surface area contributed by atoms with E-state index in [-0.39, 0.29) is 6.61 Å². The SMILES string of the molecule is FC(F)(F)c1cccc(CO/N=[C]\C2CC2)c1. The number of halogens is 3. The van der Waals surface area contributed by atoms with E-state index in [4.69, 9.17) is 4.84 Å². The maximum atomic E-state index is 12.4. The van der Waals surface area contributed by atoms with Gasteiger partial charge in [-0.1, -0.05) is 17.3 Å². The fourth-order valence-corrected chi connectivity index (χ4v) is 1.27. The second-order valence-corrected chi connectivity index (χ2v) is 3.97. The first kappa shape index (κ1) is 12.0. The van der Waals surface area contributed by atoms with Crippen molar-refractivity contribution in [2.45, 2.75) is 25.6 Å². The van der Waals surface area contributed by atoms with E-state index in [9.17, 15) is 13.2 Å². The number of benzene rings is 1. The van der Waals surface area contributed by atoms with Gasteiger partial charge in [-0.25, -0.2) is 0 Å². The fourth-order valence-electron chi connectivity index (χ4n) is 1.27. The molecule has 0 heterocycles. The van der Waals surface area contributed by atoms with Gasteiger partial charge in [0, 0.05) is 5.92 Å². The molecular weight excluding hydrogens is 231 g/mol. The van der Waals surface area contributed by atoms with Gasteiger partial charge in [-0.05, 0) is 30.5 Å². The Balaban J connectivity index is 1.91. The van der Waals surface area contributed by atoms with Crippen LogP contribution in [-0.2, 0) is 17.6 Å². The maximum Gasteiger partial charge on any atom is 0.416 e. The summed E-state index contributed by atoms with van der Waals surface area (Å²) in [4.78, 5) is 4.88. The summed E-state index contributed by atoms with van der Waals surface area (Å²) in [7, 11) is 0. The molecule has 1 radical (unpaired) electrons. The summed E-state index contributed by atoms with van der Waals surface area (Å²) >= 11 is 0. The molecule has 0 N–H and O–H groups in total. The fraction of sp³-hybridized carbons (Fsp3) is 0.417. The number of rotatable bonds is 4. The van der Waals surface area contributed by atoms with E-state index < -0.39 is 11.7 Å². The minimum atomic E-state index is -4.32. The molecule has 5 heteroatoms. The summed E-state index contributed by atoms with van der Waals surface area (Å²) in [5.41, 5.74) is -0.227. The minimum Gasteiger partial charge on any atom is -0.391 e. The highest BCUT2D eigenvalue weighted by Gasteiger charge is 2.30. The second-order valence-electron chi connectivity index (χ2n) is 3.97. The summed E-state index contributed by atoms with van der Waals surface area (Å²) in [6, 6.07) is 5.02. The first-order valence-electron chi connectivity index (χ1n) is 5.29. The minimum absolute atomic E-state index is 0.0314. The summed E-state index contributed by atoms with van der Waals surface area (Å²) in [5.74, 6) is 0.372. The van der Waals surface area contributed by atoms with Crippen molar-refractivity contribution in [3.05, 3.63) is 35.4 Å². The smallest absolute Gasteiger partial charge is 0.391 e. The molecule has 0 amide bonds. The molecule has 1 aromatic carbocycles.